The zero-order chi connectivity index (χ0) is 13.7. The van der Waals surface area contributed by atoms with E-state index in [0.717, 1.165) is 5.56 Å². The van der Waals surface area contributed by atoms with Gasteiger partial charge < -0.3 is 5.32 Å². The molecule has 4 nitrogen and oxygen atoms in total. The van der Waals surface area contributed by atoms with E-state index in [4.69, 9.17) is 23.2 Å². The molecule has 0 spiro atoms. The highest BCUT2D eigenvalue weighted by atomic mass is 35.5. The van der Waals surface area contributed by atoms with Crippen LogP contribution >= 0.6 is 23.2 Å². The van der Waals surface area contributed by atoms with Crippen LogP contribution in [0, 0.1) is 0 Å². The Balaban J connectivity index is 2.06. The van der Waals surface area contributed by atoms with Crippen molar-refractivity contribution >= 4 is 41.0 Å². The average Bonchev–Trinajstić information content (AvgIpc) is 2.43. The van der Waals surface area contributed by atoms with Crippen molar-refractivity contribution in [3.63, 3.8) is 0 Å². The largest absolute Gasteiger partial charge is 0.306 e. The molecule has 1 heterocycles. The number of aromatic nitrogens is 2. The van der Waals surface area contributed by atoms with Gasteiger partial charge in [-0.1, -0.05) is 53.5 Å². The van der Waals surface area contributed by atoms with Crippen LogP contribution in [-0.4, -0.2) is 15.9 Å². The minimum Gasteiger partial charge on any atom is -0.306 e. The quantitative estimate of drug-likeness (QED) is 0.697. The molecule has 0 saturated heterocycles. The van der Waals surface area contributed by atoms with E-state index in [0.29, 0.717) is 0 Å². The Bertz CT molecular complexity index is 615. The molecule has 6 heteroatoms. The molecule has 0 saturated carbocycles. The number of nitrogens with zero attached hydrogens (tertiary/aromatic N) is 2. The second-order valence-corrected chi connectivity index (χ2v) is 4.30. The predicted molar refractivity (Wildman–Crippen MR) is 76.2 cm³/mol. The normalized spacial score (nSPS) is 10.6. The molecule has 0 aliphatic heterocycles. The Morgan fingerprint density at radius 1 is 1.16 bits per heavy atom. The van der Waals surface area contributed by atoms with Gasteiger partial charge in [0.1, 0.15) is 11.3 Å². The van der Waals surface area contributed by atoms with Gasteiger partial charge in [-0.05, 0) is 11.6 Å². The summed E-state index contributed by atoms with van der Waals surface area (Å²) in [5, 5.41) is 2.74. The van der Waals surface area contributed by atoms with Gasteiger partial charge in [-0.3, -0.25) is 4.79 Å². The lowest BCUT2D eigenvalue weighted by atomic mass is 10.2. The minimum absolute atomic E-state index is 0.0963. The number of carbonyl (C=O) groups is 1. The van der Waals surface area contributed by atoms with Gasteiger partial charge in [0.15, 0.2) is 11.0 Å². The van der Waals surface area contributed by atoms with Gasteiger partial charge in [-0.25, -0.2) is 9.97 Å². The maximum atomic E-state index is 11.7. The van der Waals surface area contributed by atoms with Crippen molar-refractivity contribution < 1.29 is 4.79 Å². The molecular formula is C13H9Cl2N3O. The van der Waals surface area contributed by atoms with Crippen molar-refractivity contribution in [3.05, 3.63) is 58.5 Å². The number of anilines is 1. The fourth-order valence-corrected chi connectivity index (χ4v) is 1.61. The van der Waals surface area contributed by atoms with Crippen molar-refractivity contribution in [2.75, 3.05) is 5.32 Å². The van der Waals surface area contributed by atoms with E-state index < -0.39 is 0 Å². The van der Waals surface area contributed by atoms with E-state index in [1.807, 2.05) is 30.3 Å². The Labute approximate surface area is 120 Å². The molecule has 0 aliphatic carbocycles. The fourth-order valence-electron chi connectivity index (χ4n) is 1.33. The van der Waals surface area contributed by atoms with Crippen LogP contribution in [0.3, 0.4) is 0 Å². The van der Waals surface area contributed by atoms with Crippen LogP contribution in [0.25, 0.3) is 6.08 Å². The first kappa shape index (κ1) is 13.5. The molecule has 96 valence electrons. The molecule has 0 radical (unpaired) electrons. The first-order chi connectivity index (χ1) is 9.16. The fraction of sp³-hybridized carbons (Fsp3) is 0. The van der Waals surface area contributed by atoms with Gasteiger partial charge in [0, 0.05) is 6.08 Å². The maximum absolute atomic E-state index is 11.7. The number of amides is 1. The van der Waals surface area contributed by atoms with Gasteiger partial charge in [0.2, 0.25) is 5.91 Å². The molecule has 1 N–H and O–H groups in total. The van der Waals surface area contributed by atoms with Gasteiger partial charge >= 0.3 is 0 Å². The number of benzene rings is 1. The molecule has 1 amide bonds. The first-order valence-corrected chi connectivity index (χ1v) is 6.12. The van der Waals surface area contributed by atoms with Gasteiger partial charge in [-0.15, -0.1) is 0 Å². The Morgan fingerprint density at radius 2 is 1.89 bits per heavy atom. The molecule has 1 aromatic heterocycles. The number of hydrogen-bond acceptors (Lipinski definition) is 3. The average molecular weight is 294 g/mol. The summed E-state index contributed by atoms with van der Waals surface area (Å²) in [5.41, 5.74) is 0.921. The highest BCUT2D eigenvalue weighted by molar-refractivity contribution is 6.43. The van der Waals surface area contributed by atoms with E-state index >= 15 is 0 Å². The van der Waals surface area contributed by atoms with Crippen LogP contribution in [0.1, 0.15) is 5.56 Å². The summed E-state index contributed by atoms with van der Waals surface area (Å²) in [4.78, 5) is 19.2. The van der Waals surface area contributed by atoms with Crippen LogP contribution in [0.4, 0.5) is 5.82 Å². The van der Waals surface area contributed by atoms with Gasteiger partial charge in [0.25, 0.3) is 0 Å². The Morgan fingerprint density at radius 3 is 2.63 bits per heavy atom. The molecule has 1 aromatic carbocycles. The third-order valence-corrected chi connectivity index (χ3v) is 2.96. The molecular weight excluding hydrogens is 285 g/mol. The van der Waals surface area contributed by atoms with Crippen LogP contribution in [0.5, 0.6) is 0 Å². The monoisotopic (exact) mass is 293 g/mol. The Kier molecular flexibility index (Phi) is 4.49. The van der Waals surface area contributed by atoms with Crippen molar-refractivity contribution in [1.29, 1.82) is 0 Å². The SMILES string of the molecule is O=C(/C=C/c1ccccc1)Nc1ncnc(Cl)c1Cl. The molecule has 2 rings (SSSR count). The third-order valence-electron chi connectivity index (χ3n) is 2.22. The van der Waals surface area contributed by atoms with E-state index in [2.05, 4.69) is 15.3 Å². The summed E-state index contributed by atoms with van der Waals surface area (Å²) >= 11 is 11.6. The van der Waals surface area contributed by atoms with Crippen molar-refractivity contribution in [2.24, 2.45) is 0 Å². The standard InChI is InChI=1S/C13H9Cl2N3O/c14-11-12(15)16-8-17-13(11)18-10(19)7-6-9-4-2-1-3-5-9/h1-8H,(H,16,17,18,19)/b7-6+. The van der Waals surface area contributed by atoms with Crippen LogP contribution in [0.2, 0.25) is 10.2 Å². The molecule has 0 bridgehead atoms. The highest BCUT2D eigenvalue weighted by Crippen LogP contribution is 2.25. The summed E-state index contributed by atoms with van der Waals surface area (Å²) in [6.07, 6.45) is 4.30. The van der Waals surface area contributed by atoms with Crippen LogP contribution in [0.15, 0.2) is 42.7 Å². The summed E-state index contributed by atoms with van der Waals surface area (Å²) in [5.74, 6) is -0.162. The lowest BCUT2D eigenvalue weighted by Gasteiger charge is -2.03. The molecule has 19 heavy (non-hydrogen) atoms. The lowest BCUT2D eigenvalue weighted by molar-refractivity contribution is -0.111. The second-order valence-electron chi connectivity index (χ2n) is 3.56. The summed E-state index contributed by atoms with van der Waals surface area (Å²) in [6.45, 7) is 0. The number of halogens is 2. The van der Waals surface area contributed by atoms with E-state index in [9.17, 15) is 4.79 Å². The molecule has 0 aliphatic rings. The zero-order valence-corrected chi connectivity index (χ0v) is 11.2. The van der Waals surface area contributed by atoms with E-state index in [1.165, 1.54) is 12.4 Å². The Hall–Kier alpha value is -1.91. The predicted octanol–water partition coefficient (Wildman–Crippen LogP) is 3.44. The van der Waals surface area contributed by atoms with Crippen molar-refractivity contribution in [1.82, 2.24) is 9.97 Å². The molecule has 0 atom stereocenters. The van der Waals surface area contributed by atoms with Crippen molar-refractivity contribution in [2.45, 2.75) is 0 Å². The topological polar surface area (TPSA) is 54.9 Å². The molecule has 0 unspecified atom stereocenters. The number of nitrogens with one attached hydrogen (secondary N) is 1. The zero-order valence-electron chi connectivity index (χ0n) is 9.68. The smallest absolute Gasteiger partial charge is 0.249 e. The summed E-state index contributed by atoms with van der Waals surface area (Å²) in [7, 11) is 0. The van der Waals surface area contributed by atoms with Crippen LogP contribution in [-0.2, 0) is 4.79 Å². The van der Waals surface area contributed by atoms with Gasteiger partial charge in [-0.2, -0.15) is 0 Å². The van der Waals surface area contributed by atoms with E-state index in [-0.39, 0.29) is 21.9 Å². The minimum atomic E-state index is -0.347. The highest BCUT2D eigenvalue weighted by Gasteiger charge is 2.08. The number of hydrogen-bond donors (Lipinski definition) is 1. The first-order valence-electron chi connectivity index (χ1n) is 5.37. The number of rotatable bonds is 3. The lowest BCUT2D eigenvalue weighted by Crippen LogP contribution is -2.10. The van der Waals surface area contributed by atoms with Crippen LogP contribution < -0.4 is 5.32 Å². The second kappa shape index (κ2) is 6.31. The van der Waals surface area contributed by atoms with Crippen molar-refractivity contribution in [3.8, 4) is 0 Å². The molecule has 2 aromatic rings. The summed E-state index contributed by atoms with van der Waals surface area (Å²) < 4.78 is 0. The van der Waals surface area contributed by atoms with E-state index in [1.54, 1.807) is 6.08 Å². The molecule has 0 fully saturated rings. The van der Waals surface area contributed by atoms with Gasteiger partial charge in [0.05, 0.1) is 0 Å². The third kappa shape index (κ3) is 3.77. The maximum Gasteiger partial charge on any atom is 0.249 e. The summed E-state index contributed by atoms with van der Waals surface area (Å²) in [6, 6.07) is 9.45. The number of carbonyl (C=O) groups excluding carboxylic acids is 1.